The third kappa shape index (κ3) is 3.16. The van der Waals surface area contributed by atoms with Crippen LogP contribution in [-0.2, 0) is 13.0 Å². The summed E-state index contributed by atoms with van der Waals surface area (Å²) in [4.78, 5) is 31.0. The van der Waals surface area contributed by atoms with E-state index in [1.54, 1.807) is 10.7 Å². The molecule has 1 amide bonds. The summed E-state index contributed by atoms with van der Waals surface area (Å²) in [7, 11) is 3.97. The fraction of sp³-hybridized carbons (Fsp3) is 0.300. The Kier molecular flexibility index (Phi) is 4.35. The summed E-state index contributed by atoms with van der Waals surface area (Å²) in [5.74, 6) is -0.135. The standard InChI is InChI=1S/C20H21N5O2/c1-24(2)14-8-6-13(7-9-14)10-22-20(27)16-12-23-25-17-4-3-5-18(26)15(17)11-21-19(16)25/h6-9,11-12H,3-5,10H2,1-2H3,(H,22,27). The molecule has 0 saturated carbocycles. The molecule has 1 N–H and O–H groups in total. The second-order valence-corrected chi connectivity index (χ2v) is 6.93. The lowest BCUT2D eigenvalue weighted by Crippen LogP contribution is -2.23. The molecule has 1 aromatic carbocycles. The molecule has 27 heavy (non-hydrogen) atoms. The van der Waals surface area contributed by atoms with Crippen LogP contribution in [0.3, 0.4) is 0 Å². The zero-order chi connectivity index (χ0) is 19.0. The van der Waals surface area contributed by atoms with Crippen molar-refractivity contribution in [3.05, 3.63) is 59.0 Å². The number of hydrogen-bond acceptors (Lipinski definition) is 5. The zero-order valence-electron chi connectivity index (χ0n) is 15.4. The summed E-state index contributed by atoms with van der Waals surface area (Å²) in [5.41, 5.74) is 4.49. The van der Waals surface area contributed by atoms with Crippen LogP contribution in [0.15, 0.2) is 36.7 Å². The van der Waals surface area contributed by atoms with Crippen LogP contribution in [0, 0.1) is 0 Å². The van der Waals surface area contributed by atoms with Crippen molar-refractivity contribution in [3.8, 4) is 0 Å². The van der Waals surface area contributed by atoms with E-state index in [1.165, 1.54) is 6.20 Å². The van der Waals surface area contributed by atoms with Gasteiger partial charge < -0.3 is 10.2 Å². The third-order valence-corrected chi connectivity index (χ3v) is 4.89. The third-order valence-electron chi connectivity index (χ3n) is 4.89. The predicted octanol–water partition coefficient (Wildman–Crippen LogP) is 2.24. The maximum absolute atomic E-state index is 12.6. The van der Waals surface area contributed by atoms with Crippen LogP contribution in [0.5, 0.6) is 0 Å². The number of nitrogens with zero attached hydrogens (tertiary/aromatic N) is 4. The average Bonchev–Trinajstić information content (AvgIpc) is 3.11. The van der Waals surface area contributed by atoms with Gasteiger partial charge in [-0.05, 0) is 30.5 Å². The molecule has 1 aliphatic rings. The number of aryl methyl sites for hydroxylation is 1. The van der Waals surface area contributed by atoms with Crippen LogP contribution in [0.4, 0.5) is 5.69 Å². The molecule has 138 valence electrons. The molecule has 0 bridgehead atoms. The van der Waals surface area contributed by atoms with Gasteiger partial charge in [-0.25, -0.2) is 9.50 Å². The van der Waals surface area contributed by atoms with E-state index in [9.17, 15) is 9.59 Å². The molecular weight excluding hydrogens is 342 g/mol. The molecule has 0 atom stereocenters. The van der Waals surface area contributed by atoms with Gasteiger partial charge in [0.1, 0.15) is 5.56 Å². The van der Waals surface area contributed by atoms with E-state index >= 15 is 0 Å². The summed E-state index contributed by atoms with van der Waals surface area (Å²) in [6.45, 7) is 0.424. The number of anilines is 1. The lowest BCUT2D eigenvalue weighted by molar-refractivity contribution is 0.0950. The Morgan fingerprint density at radius 3 is 2.70 bits per heavy atom. The summed E-state index contributed by atoms with van der Waals surface area (Å²) in [5, 5.41) is 7.23. The quantitative estimate of drug-likeness (QED) is 0.769. The first kappa shape index (κ1) is 17.2. The van der Waals surface area contributed by atoms with Gasteiger partial charge in [-0.3, -0.25) is 9.59 Å². The Hall–Kier alpha value is -3.22. The normalized spacial score (nSPS) is 13.5. The first-order valence-electron chi connectivity index (χ1n) is 8.98. The molecule has 0 aliphatic heterocycles. The predicted molar refractivity (Wildman–Crippen MR) is 102 cm³/mol. The number of rotatable bonds is 4. The first-order valence-corrected chi connectivity index (χ1v) is 8.98. The Bertz CT molecular complexity index is 1020. The lowest BCUT2D eigenvalue weighted by Gasteiger charge is -2.15. The number of hydrogen-bond donors (Lipinski definition) is 1. The fourth-order valence-corrected chi connectivity index (χ4v) is 3.35. The number of aromatic nitrogens is 3. The zero-order valence-corrected chi connectivity index (χ0v) is 15.4. The highest BCUT2D eigenvalue weighted by atomic mass is 16.1. The van der Waals surface area contributed by atoms with Crippen molar-refractivity contribution in [2.24, 2.45) is 0 Å². The van der Waals surface area contributed by atoms with Gasteiger partial charge in [0.15, 0.2) is 11.4 Å². The Morgan fingerprint density at radius 1 is 1.19 bits per heavy atom. The number of ketones is 1. The van der Waals surface area contributed by atoms with Gasteiger partial charge in [0.25, 0.3) is 5.91 Å². The summed E-state index contributed by atoms with van der Waals surface area (Å²) >= 11 is 0. The minimum Gasteiger partial charge on any atom is -0.378 e. The number of benzene rings is 1. The molecule has 0 fully saturated rings. The molecule has 0 spiro atoms. The number of nitrogens with one attached hydrogen (secondary N) is 1. The van der Waals surface area contributed by atoms with E-state index in [0.29, 0.717) is 29.7 Å². The highest BCUT2D eigenvalue weighted by Gasteiger charge is 2.23. The fourth-order valence-electron chi connectivity index (χ4n) is 3.35. The van der Waals surface area contributed by atoms with Crippen molar-refractivity contribution in [2.45, 2.75) is 25.8 Å². The van der Waals surface area contributed by atoms with E-state index < -0.39 is 0 Å². The van der Waals surface area contributed by atoms with E-state index in [4.69, 9.17) is 0 Å². The van der Waals surface area contributed by atoms with Crippen molar-refractivity contribution in [1.29, 1.82) is 0 Å². The number of carbonyl (C=O) groups excluding carboxylic acids is 2. The van der Waals surface area contributed by atoms with Crippen LogP contribution in [-0.4, -0.2) is 40.4 Å². The van der Waals surface area contributed by atoms with Gasteiger partial charge in [0.05, 0.1) is 17.5 Å². The molecule has 2 heterocycles. The van der Waals surface area contributed by atoms with Crippen molar-refractivity contribution >= 4 is 23.0 Å². The Morgan fingerprint density at radius 2 is 1.96 bits per heavy atom. The molecule has 3 aromatic rings. The maximum Gasteiger partial charge on any atom is 0.257 e. The van der Waals surface area contributed by atoms with Gasteiger partial charge in [-0.1, -0.05) is 12.1 Å². The molecule has 0 unspecified atom stereocenters. The van der Waals surface area contributed by atoms with E-state index in [-0.39, 0.29) is 11.7 Å². The van der Waals surface area contributed by atoms with Crippen LogP contribution >= 0.6 is 0 Å². The van der Waals surface area contributed by atoms with Gasteiger partial charge in [-0.2, -0.15) is 5.10 Å². The second kappa shape index (κ2) is 6.83. The molecule has 7 nitrogen and oxygen atoms in total. The Balaban J connectivity index is 1.54. The minimum atomic E-state index is -0.226. The Labute approximate surface area is 157 Å². The highest BCUT2D eigenvalue weighted by Crippen LogP contribution is 2.22. The van der Waals surface area contributed by atoms with Crippen LogP contribution < -0.4 is 10.2 Å². The van der Waals surface area contributed by atoms with Crippen molar-refractivity contribution in [1.82, 2.24) is 19.9 Å². The lowest BCUT2D eigenvalue weighted by atomic mass is 9.96. The number of fused-ring (bicyclic) bond motifs is 3. The molecule has 2 aromatic heterocycles. The molecular formula is C20H21N5O2. The van der Waals surface area contributed by atoms with Crippen LogP contribution in [0.25, 0.3) is 5.65 Å². The van der Waals surface area contributed by atoms with E-state index in [1.807, 2.05) is 43.3 Å². The maximum atomic E-state index is 12.6. The van der Waals surface area contributed by atoms with Crippen LogP contribution in [0.1, 0.15) is 44.8 Å². The SMILES string of the molecule is CN(C)c1ccc(CNC(=O)c2cnn3c4c(cnc23)C(=O)CCC4)cc1. The highest BCUT2D eigenvalue weighted by molar-refractivity contribution is 6.01. The summed E-state index contributed by atoms with van der Waals surface area (Å²) < 4.78 is 1.63. The smallest absolute Gasteiger partial charge is 0.257 e. The number of amides is 1. The van der Waals surface area contributed by atoms with Crippen molar-refractivity contribution in [2.75, 3.05) is 19.0 Å². The summed E-state index contributed by atoms with van der Waals surface area (Å²) in [6, 6.07) is 8.02. The number of carbonyl (C=O) groups is 2. The summed E-state index contributed by atoms with van der Waals surface area (Å²) in [6.07, 6.45) is 5.20. The van der Waals surface area contributed by atoms with Crippen LogP contribution in [0.2, 0.25) is 0 Å². The number of Topliss-reactive ketones (excluding diaryl/α,β-unsaturated/α-hetero) is 1. The topological polar surface area (TPSA) is 79.6 Å². The largest absolute Gasteiger partial charge is 0.378 e. The first-order chi connectivity index (χ1) is 13.0. The van der Waals surface area contributed by atoms with Gasteiger partial charge >= 0.3 is 0 Å². The van der Waals surface area contributed by atoms with E-state index in [2.05, 4.69) is 15.4 Å². The van der Waals surface area contributed by atoms with Gasteiger partial charge in [0.2, 0.25) is 0 Å². The second-order valence-electron chi connectivity index (χ2n) is 6.93. The minimum absolute atomic E-state index is 0.0910. The van der Waals surface area contributed by atoms with Gasteiger partial charge in [-0.15, -0.1) is 0 Å². The van der Waals surface area contributed by atoms with E-state index in [0.717, 1.165) is 29.8 Å². The molecule has 0 saturated heterocycles. The average molecular weight is 363 g/mol. The molecule has 0 radical (unpaired) electrons. The molecule has 7 heteroatoms. The van der Waals surface area contributed by atoms with Crippen molar-refractivity contribution in [3.63, 3.8) is 0 Å². The van der Waals surface area contributed by atoms with Gasteiger partial charge in [0, 0.05) is 38.9 Å². The molecule has 4 rings (SSSR count). The van der Waals surface area contributed by atoms with Crippen molar-refractivity contribution < 1.29 is 9.59 Å². The monoisotopic (exact) mass is 363 g/mol. The molecule has 1 aliphatic carbocycles.